The second-order valence-corrected chi connectivity index (χ2v) is 21.3. The number of aliphatic hydroxyl groups is 2. The molecule has 79 heavy (non-hydrogen) atoms. The summed E-state index contributed by atoms with van der Waals surface area (Å²) in [4.78, 5) is 51.2. The largest absolute Gasteiger partial charge is 0.479 e. The Hall–Kier alpha value is -4.10. The van der Waals surface area contributed by atoms with Crippen molar-refractivity contribution in [2.45, 2.75) is 302 Å². The van der Waals surface area contributed by atoms with Crippen molar-refractivity contribution in [2.24, 2.45) is 0 Å². The Morgan fingerprint density at radius 3 is 1.23 bits per heavy atom. The van der Waals surface area contributed by atoms with Crippen molar-refractivity contribution in [1.29, 1.82) is 0 Å². The van der Waals surface area contributed by atoms with Gasteiger partial charge in [0, 0.05) is 19.3 Å². The van der Waals surface area contributed by atoms with Crippen LogP contribution in [0.25, 0.3) is 0 Å². The van der Waals surface area contributed by atoms with Crippen molar-refractivity contribution in [3.8, 4) is 0 Å². The lowest BCUT2D eigenvalue weighted by Gasteiger charge is -2.40. The highest BCUT2D eigenvalue weighted by molar-refractivity contribution is 5.74. The van der Waals surface area contributed by atoms with Gasteiger partial charge >= 0.3 is 23.9 Å². The van der Waals surface area contributed by atoms with E-state index in [2.05, 4.69) is 106 Å². The number of aliphatic carboxylic acids is 1. The summed E-state index contributed by atoms with van der Waals surface area (Å²) in [6.45, 7) is 5.75. The molecule has 6 atom stereocenters. The van der Waals surface area contributed by atoms with Crippen molar-refractivity contribution in [3.05, 3.63) is 85.1 Å². The molecule has 6 unspecified atom stereocenters. The minimum absolute atomic E-state index is 0.0562. The minimum Gasteiger partial charge on any atom is -0.479 e. The summed E-state index contributed by atoms with van der Waals surface area (Å²) in [7, 11) is 0. The fourth-order valence-corrected chi connectivity index (χ4v) is 9.20. The van der Waals surface area contributed by atoms with E-state index in [1.54, 1.807) is 0 Å². The predicted octanol–water partition coefficient (Wildman–Crippen LogP) is 16.7. The molecular weight excluding hydrogens is 997 g/mol. The molecule has 12 heteroatoms. The normalized spacial score (nSPS) is 18.4. The van der Waals surface area contributed by atoms with E-state index in [9.17, 15) is 34.5 Å². The van der Waals surface area contributed by atoms with E-state index in [1.807, 2.05) is 0 Å². The van der Waals surface area contributed by atoms with Crippen molar-refractivity contribution < 1.29 is 58.2 Å². The maximum atomic E-state index is 13.1. The zero-order valence-electron chi connectivity index (χ0n) is 49.8. The Balaban J connectivity index is 2.67. The monoisotopic (exact) mass is 1110 g/mol. The van der Waals surface area contributed by atoms with Gasteiger partial charge in [-0.15, -0.1) is 0 Å². The molecule has 3 N–H and O–H groups in total. The predicted molar refractivity (Wildman–Crippen MR) is 321 cm³/mol. The van der Waals surface area contributed by atoms with Gasteiger partial charge in [0.05, 0.1) is 6.61 Å². The lowest BCUT2D eigenvalue weighted by atomic mass is 9.98. The zero-order valence-corrected chi connectivity index (χ0v) is 49.8. The molecule has 12 nitrogen and oxygen atoms in total. The number of unbranched alkanes of at least 4 members (excludes halogenated alkanes) is 25. The average molecular weight is 1110 g/mol. The number of rotatable bonds is 53. The van der Waals surface area contributed by atoms with E-state index in [1.165, 1.54) is 77.0 Å². The van der Waals surface area contributed by atoms with E-state index >= 15 is 0 Å². The molecule has 0 aromatic heterocycles. The van der Waals surface area contributed by atoms with E-state index in [0.717, 1.165) is 128 Å². The summed E-state index contributed by atoms with van der Waals surface area (Å²) in [5, 5.41) is 31.6. The molecule has 0 saturated carbocycles. The second-order valence-electron chi connectivity index (χ2n) is 21.3. The Morgan fingerprint density at radius 2 is 0.797 bits per heavy atom. The molecule has 0 aromatic rings. The lowest BCUT2D eigenvalue weighted by molar-refractivity contribution is -0.301. The molecular formula is C67H112O12. The number of esters is 3. The number of ether oxygens (including phenoxy) is 5. The quantitative estimate of drug-likeness (QED) is 0.0228. The van der Waals surface area contributed by atoms with E-state index < -0.39 is 67.3 Å². The van der Waals surface area contributed by atoms with E-state index in [-0.39, 0.29) is 25.9 Å². The van der Waals surface area contributed by atoms with Crippen LogP contribution in [-0.4, -0.2) is 89.2 Å². The third kappa shape index (κ3) is 44.3. The molecule has 0 amide bonds. The molecule has 452 valence electrons. The van der Waals surface area contributed by atoms with Crippen molar-refractivity contribution in [2.75, 3.05) is 13.2 Å². The number of aliphatic hydroxyl groups excluding tert-OH is 2. The van der Waals surface area contributed by atoms with Crippen molar-refractivity contribution in [3.63, 3.8) is 0 Å². The zero-order chi connectivity index (χ0) is 57.5. The first-order valence-corrected chi connectivity index (χ1v) is 31.6. The van der Waals surface area contributed by atoms with Crippen LogP contribution in [0.15, 0.2) is 85.1 Å². The Morgan fingerprint density at radius 1 is 0.430 bits per heavy atom. The standard InChI is InChI=1S/C67H112O12/c1-4-7-10-13-16-19-22-25-27-29-30-32-33-36-38-41-44-47-50-53-59(68)75-56-58(77-60(69)54-51-48-45-42-39-35-24-21-18-15-12-9-6-3)57-76-67-65(63(72)62(71)64(79-67)66(73)74)78-61(70)55-52-49-46-43-40-37-34-31-28-26-23-20-17-14-11-8-5-2/h7,9-10,12,16,18-19,21,25,27,30,32,35,39,58,62-65,67,71-72H,4-6,8,11,13-15,17,20,22-24,26,28-29,31,33-34,36-38,40-57H2,1-3H3,(H,73,74)/b10-7-,12-9-,19-16-,21-18-,27-25-,32-30-,39-35-. The summed E-state index contributed by atoms with van der Waals surface area (Å²) in [5.41, 5.74) is 0. The van der Waals surface area contributed by atoms with Crippen LogP contribution in [0.3, 0.4) is 0 Å². The first-order chi connectivity index (χ1) is 38.6. The molecule has 0 bridgehead atoms. The van der Waals surface area contributed by atoms with Gasteiger partial charge in [0.2, 0.25) is 0 Å². The molecule has 0 aliphatic carbocycles. The van der Waals surface area contributed by atoms with Crippen LogP contribution < -0.4 is 0 Å². The smallest absolute Gasteiger partial charge is 0.335 e. The van der Waals surface area contributed by atoms with Crippen LogP contribution in [0.4, 0.5) is 0 Å². The maximum absolute atomic E-state index is 13.1. The highest BCUT2D eigenvalue weighted by Gasteiger charge is 2.50. The van der Waals surface area contributed by atoms with Crippen LogP contribution in [0.2, 0.25) is 0 Å². The summed E-state index contributed by atoms with van der Waals surface area (Å²) in [6, 6.07) is 0. The van der Waals surface area contributed by atoms with Gasteiger partial charge in [-0.3, -0.25) is 14.4 Å². The van der Waals surface area contributed by atoms with Crippen LogP contribution >= 0.6 is 0 Å². The SMILES string of the molecule is CC/C=C\C/C=C\C/C=C\C/C=C\CCCCCCCCC(=O)OCC(COC1OC(C(=O)O)C(O)C(O)C1OC(=O)CCCCCCCCCCCCCCCCCCC)OC(=O)CCCCC/C=C\C/C=C\C/C=C\CC. The van der Waals surface area contributed by atoms with Crippen molar-refractivity contribution in [1.82, 2.24) is 0 Å². The summed E-state index contributed by atoms with van der Waals surface area (Å²) >= 11 is 0. The molecule has 1 saturated heterocycles. The van der Waals surface area contributed by atoms with Crippen LogP contribution in [0.1, 0.15) is 265 Å². The number of carboxylic acids is 1. The second kappa shape index (κ2) is 54.5. The van der Waals surface area contributed by atoms with Gasteiger partial charge < -0.3 is 39.0 Å². The third-order valence-electron chi connectivity index (χ3n) is 14.0. The van der Waals surface area contributed by atoms with Gasteiger partial charge in [-0.25, -0.2) is 4.79 Å². The van der Waals surface area contributed by atoms with Crippen LogP contribution in [-0.2, 0) is 42.9 Å². The number of carbonyl (C=O) groups is 4. The molecule has 1 heterocycles. The molecule has 1 aliphatic rings. The Bertz CT molecular complexity index is 1700. The van der Waals surface area contributed by atoms with Gasteiger partial charge in [-0.05, 0) is 89.9 Å². The van der Waals surface area contributed by atoms with Gasteiger partial charge in [0.25, 0.3) is 0 Å². The maximum Gasteiger partial charge on any atom is 0.335 e. The molecule has 1 rings (SSSR count). The number of allylic oxidation sites excluding steroid dienone is 14. The lowest BCUT2D eigenvalue weighted by Crippen LogP contribution is -2.61. The molecule has 0 spiro atoms. The molecule has 1 fully saturated rings. The fraction of sp³-hybridized carbons (Fsp3) is 0.731. The van der Waals surface area contributed by atoms with Crippen LogP contribution in [0, 0.1) is 0 Å². The minimum atomic E-state index is -1.91. The molecule has 0 aromatic carbocycles. The topological polar surface area (TPSA) is 175 Å². The number of carboxylic acid groups (broad SMARTS) is 1. The molecule has 1 aliphatic heterocycles. The Kier molecular flexibility index (Phi) is 50.3. The number of hydrogen-bond acceptors (Lipinski definition) is 11. The van der Waals surface area contributed by atoms with Gasteiger partial charge in [-0.2, -0.15) is 0 Å². The van der Waals surface area contributed by atoms with Gasteiger partial charge in [0.1, 0.15) is 18.8 Å². The van der Waals surface area contributed by atoms with Gasteiger partial charge in [-0.1, -0.05) is 241 Å². The highest BCUT2D eigenvalue weighted by atomic mass is 16.7. The highest BCUT2D eigenvalue weighted by Crippen LogP contribution is 2.26. The fourth-order valence-electron chi connectivity index (χ4n) is 9.20. The Labute approximate surface area is 480 Å². The van der Waals surface area contributed by atoms with E-state index in [0.29, 0.717) is 19.3 Å². The first-order valence-electron chi connectivity index (χ1n) is 31.6. The third-order valence-corrected chi connectivity index (χ3v) is 14.0. The summed E-state index contributed by atoms with van der Waals surface area (Å²) in [6.07, 6.45) is 58.3. The van der Waals surface area contributed by atoms with Crippen molar-refractivity contribution >= 4 is 23.9 Å². The summed E-state index contributed by atoms with van der Waals surface area (Å²) in [5.74, 6) is -3.17. The number of carbonyl (C=O) groups excluding carboxylic acids is 3. The summed E-state index contributed by atoms with van der Waals surface area (Å²) < 4.78 is 28.5. The first kappa shape index (κ1) is 72.9. The van der Waals surface area contributed by atoms with Crippen LogP contribution in [0.5, 0.6) is 0 Å². The number of hydrogen-bond donors (Lipinski definition) is 3. The van der Waals surface area contributed by atoms with Gasteiger partial charge in [0.15, 0.2) is 24.6 Å². The molecule has 0 radical (unpaired) electrons. The average Bonchev–Trinajstić information content (AvgIpc) is 3.47. The van der Waals surface area contributed by atoms with E-state index in [4.69, 9.17) is 23.7 Å².